The summed E-state index contributed by atoms with van der Waals surface area (Å²) in [6.07, 6.45) is 6.12. The molecule has 1 aliphatic carbocycles. The second-order valence-electron chi connectivity index (χ2n) is 17.6. The van der Waals surface area contributed by atoms with Crippen LogP contribution in [-0.2, 0) is 30.7 Å². The SMILES string of the molecule is CCS(=O)(=O)c1nc(N2C[C@@H]3C[C@H]2CN3C(=O)OC(C)(C)C)c2cc(C3CC3)c(-c3c(C)c(F)cc4c3cnn4C3CCCCO3)c(OCc3ccc(C(=O)OC)cc3)c2n1. The molecule has 0 spiro atoms. The number of fused-ring (bicyclic) bond motifs is 4. The molecule has 0 N–H and O–H groups in total. The number of likely N-dealkylation sites (tertiary alicyclic amines) is 1. The van der Waals surface area contributed by atoms with Gasteiger partial charge in [-0.25, -0.2) is 37.0 Å². The Morgan fingerprint density at radius 1 is 0.984 bits per heavy atom. The molecular formula is C45H51FN6O8S. The minimum atomic E-state index is -3.97. The van der Waals surface area contributed by atoms with E-state index in [0.29, 0.717) is 76.2 Å². The first-order valence-electron chi connectivity index (χ1n) is 21.1. The van der Waals surface area contributed by atoms with Crippen LogP contribution in [0.5, 0.6) is 5.75 Å². The molecule has 4 aliphatic rings. The summed E-state index contributed by atoms with van der Waals surface area (Å²) < 4.78 is 69.6. The van der Waals surface area contributed by atoms with Gasteiger partial charge in [-0.15, -0.1) is 0 Å². The summed E-state index contributed by atoms with van der Waals surface area (Å²) in [5.74, 6) is -0.298. The van der Waals surface area contributed by atoms with Crippen molar-refractivity contribution in [1.29, 1.82) is 0 Å². The Morgan fingerprint density at radius 3 is 2.39 bits per heavy atom. The van der Waals surface area contributed by atoms with E-state index in [1.165, 1.54) is 13.2 Å². The number of ether oxygens (including phenoxy) is 4. The van der Waals surface area contributed by atoms with E-state index in [-0.39, 0.29) is 53.4 Å². The van der Waals surface area contributed by atoms with Crippen LogP contribution in [0.25, 0.3) is 32.9 Å². The molecule has 1 amide bonds. The van der Waals surface area contributed by atoms with Crippen LogP contribution in [0.4, 0.5) is 15.0 Å². The number of anilines is 1. The van der Waals surface area contributed by atoms with E-state index in [9.17, 15) is 18.0 Å². The molecule has 3 aromatic carbocycles. The molecule has 9 rings (SSSR count). The molecule has 1 unspecified atom stereocenters. The first kappa shape index (κ1) is 41.0. The standard InChI is InChI=1S/C45H51FN6O8S/c1-7-61(55,56)43-48-39-32(41(49-43)50-22-30-18-29(50)23-51(30)44(54)60-45(3,4)5)19-31(27-15-16-27)38(40(39)59-24-26-11-13-28(14-12-26)42(53)57-6)37-25(2)34(46)20-35-33(37)21-47-52(35)36-10-8-9-17-58-36/h11-14,19-21,27,29-30,36H,7-10,15-18,22-24H2,1-6H3/t29-,30-,36?/m0/s1. The first-order valence-corrected chi connectivity index (χ1v) is 22.8. The van der Waals surface area contributed by atoms with Crippen molar-refractivity contribution in [2.24, 2.45) is 0 Å². The van der Waals surface area contributed by atoms with Gasteiger partial charge in [-0.3, -0.25) is 0 Å². The molecule has 1 saturated carbocycles. The third-order valence-electron chi connectivity index (χ3n) is 12.3. The number of hydrogen-bond acceptors (Lipinski definition) is 12. The van der Waals surface area contributed by atoms with E-state index in [0.717, 1.165) is 43.2 Å². The van der Waals surface area contributed by atoms with E-state index in [2.05, 4.69) is 4.90 Å². The number of piperazine rings is 1. The van der Waals surface area contributed by atoms with Gasteiger partial charge in [0.25, 0.3) is 0 Å². The van der Waals surface area contributed by atoms with Crippen molar-refractivity contribution < 1.29 is 41.3 Å². The minimum Gasteiger partial charge on any atom is -0.486 e. The average Bonchev–Trinajstić information content (AvgIpc) is 3.69. The quantitative estimate of drug-likeness (QED) is 0.0987. The summed E-state index contributed by atoms with van der Waals surface area (Å²) >= 11 is 0. The lowest BCUT2D eigenvalue weighted by molar-refractivity contribution is -0.0367. The number of carbonyl (C=O) groups is 2. The molecule has 5 aromatic rings. The van der Waals surface area contributed by atoms with Gasteiger partial charge in [0.2, 0.25) is 15.0 Å². The smallest absolute Gasteiger partial charge is 0.410 e. The number of rotatable bonds is 10. The van der Waals surface area contributed by atoms with E-state index in [1.54, 1.807) is 53.9 Å². The van der Waals surface area contributed by atoms with Crippen molar-refractivity contribution in [3.05, 3.63) is 70.7 Å². The van der Waals surface area contributed by atoms with Crippen LogP contribution >= 0.6 is 0 Å². The Bertz CT molecular complexity index is 2670. The van der Waals surface area contributed by atoms with E-state index in [4.69, 9.17) is 34.0 Å². The number of nitrogens with zero attached hydrogens (tertiary/aromatic N) is 6. The summed E-state index contributed by atoms with van der Waals surface area (Å²) in [4.78, 5) is 39.1. The van der Waals surface area contributed by atoms with Crippen LogP contribution in [0.15, 0.2) is 47.8 Å². The van der Waals surface area contributed by atoms with Crippen LogP contribution in [0.3, 0.4) is 0 Å². The number of esters is 1. The zero-order valence-corrected chi connectivity index (χ0v) is 36.2. The van der Waals surface area contributed by atoms with Crippen molar-refractivity contribution in [3.63, 3.8) is 0 Å². The van der Waals surface area contributed by atoms with Crippen LogP contribution in [0.1, 0.15) is 105 Å². The summed E-state index contributed by atoms with van der Waals surface area (Å²) in [5.41, 5.74) is 3.81. The zero-order chi connectivity index (χ0) is 43.0. The van der Waals surface area contributed by atoms with Crippen LogP contribution in [0.2, 0.25) is 0 Å². The predicted molar refractivity (Wildman–Crippen MR) is 226 cm³/mol. The van der Waals surface area contributed by atoms with Crippen molar-refractivity contribution in [2.75, 3.05) is 37.5 Å². The van der Waals surface area contributed by atoms with Crippen LogP contribution in [-0.4, -0.2) is 95.4 Å². The average molecular weight is 855 g/mol. The van der Waals surface area contributed by atoms with Gasteiger partial charge in [-0.2, -0.15) is 5.10 Å². The summed E-state index contributed by atoms with van der Waals surface area (Å²) in [6.45, 7) is 10.2. The van der Waals surface area contributed by atoms with Crippen molar-refractivity contribution in [2.45, 2.75) is 115 Å². The van der Waals surface area contributed by atoms with Crippen molar-refractivity contribution >= 4 is 49.5 Å². The molecule has 14 nitrogen and oxygen atoms in total. The Morgan fingerprint density at radius 2 is 1.75 bits per heavy atom. The third-order valence-corrected chi connectivity index (χ3v) is 13.8. The highest BCUT2D eigenvalue weighted by Crippen LogP contribution is 2.54. The molecule has 2 aromatic heterocycles. The van der Waals surface area contributed by atoms with E-state index >= 15 is 4.39 Å². The first-order chi connectivity index (χ1) is 29.2. The summed E-state index contributed by atoms with van der Waals surface area (Å²) in [7, 11) is -2.65. The highest BCUT2D eigenvalue weighted by atomic mass is 32.2. The number of halogens is 1. The number of aromatic nitrogens is 4. The van der Waals surface area contributed by atoms with Gasteiger partial charge in [0, 0.05) is 47.7 Å². The van der Waals surface area contributed by atoms with Gasteiger partial charge in [0.1, 0.15) is 29.4 Å². The Kier molecular flexibility index (Phi) is 10.4. The highest BCUT2D eigenvalue weighted by molar-refractivity contribution is 7.91. The molecular weight excluding hydrogens is 804 g/mol. The monoisotopic (exact) mass is 854 g/mol. The summed E-state index contributed by atoms with van der Waals surface area (Å²) in [6, 6.07) is 10.1. The van der Waals surface area contributed by atoms with Crippen molar-refractivity contribution in [3.8, 4) is 16.9 Å². The van der Waals surface area contributed by atoms with Gasteiger partial charge >= 0.3 is 12.1 Å². The van der Waals surface area contributed by atoms with Crippen molar-refractivity contribution in [1.82, 2.24) is 24.6 Å². The molecule has 61 heavy (non-hydrogen) atoms. The number of amides is 1. The van der Waals surface area contributed by atoms with Crippen LogP contribution < -0.4 is 9.64 Å². The molecule has 3 atom stereocenters. The Balaban J connectivity index is 1.26. The molecule has 4 fully saturated rings. The van der Waals surface area contributed by atoms with E-state index < -0.39 is 27.2 Å². The van der Waals surface area contributed by atoms with E-state index in [1.807, 2.05) is 26.8 Å². The Hall–Kier alpha value is -5.35. The lowest BCUT2D eigenvalue weighted by Gasteiger charge is -2.36. The Labute approximate surface area is 354 Å². The lowest BCUT2D eigenvalue weighted by atomic mass is 9.88. The third kappa shape index (κ3) is 7.55. The fourth-order valence-electron chi connectivity index (χ4n) is 9.03. The maximum Gasteiger partial charge on any atom is 0.410 e. The molecule has 5 heterocycles. The largest absolute Gasteiger partial charge is 0.486 e. The molecule has 16 heteroatoms. The molecule has 2 bridgehead atoms. The number of carbonyl (C=O) groups excluding carboxylic acids is 2. The zero-order valence-electron chi connectivity index (χ0n) is 35.4. The predicted octanol–water partition coefficient (Wildman–Crippen LogP) is 8.03. The fourth-order valence-corrected chi connectivity index (χ4v) is 9.74. The molecule has 3 aliphatic heterocycles. The lowest BCUT2D eigenvalue weighted by Crippen LogP contribution is -2.50. The number of hydrogen-bond donors (Lipinski definition) is 0. The normalized spacial score (nSPS) is 20.5. The van der Waals surface area contributed by atoms with Crippen LogP contribution in [0, 0.1) is 12.7 Å². The molecule has 322 valence electrons. The van der Waals surface area contributed by atoms with Gasteiger partial charge in [0.15, 0.2) is 12.0 Å². The molecule has 3 saturated heterocycles. The molecule has 0 radical (unpaired) electrons. The summed E-state index contributed by atoms with van der Waals surface area (Å²) in [5, 5.41) is 5.74. The number of sulfone groups is 1. The van der Waals surface area contributed by atoms with Gasteiger partial charge in [0.05, 0.1) is 42.2 Å². The maximum atomic E-state index is 16.5. The van der Waals surface area contributed by atoms with Gasteiger partial charge < -0.3 is 28.7 Å². The van der Waals surface area contributed by atoms with Gasteiger partial charge in [-0.1, -0.05) is 19.1 Å². The topological polar surface area (TPSA) is 155 Å². The highest BCUT2D eigenvalue weighted by Gasteiger charge is 2.48. The fraction of sp³-hybridized carbons (Fsp3) is 0.489. The maximum absolute atomic E-state index is 16.5. The minimum absolute atomic E-state index is 0.0127. The number of benzene rings is 3. The number of methoxy groups -OCH3 is 1. The second kappa shape index (κ2) is 15.5. The second-order valence-corrected chi connectivity index (χ2v) is 19.8. The van der Waals surface area contributed by atoms with Gasteiger partial charge in [-0.05, 0) is 107 Å².